The first-order chi connectivity index (χ1) is 15.5. The Balaban J connectivity index is 1.51. The van der Waals surface area contributed by atoms with Crippen molar-refractivity contribution in [3.63, 3.8) is 0 Å². The van der Waals surface area contributed by atoms with Crippen LogP contribution in [-0.2, 0) is 24.4 Å². The van der Waals surface area contributed by atoms with Gasteiger partial charge in [0.25, 0.3) is 5.91 Å². The van der Waals surface area contributed by atoms with Gasteiger partial charge in [0.2, 0.25) is 5.91 Å². The Morgan fingerprint density at radius 3 is 2.41 bits per heavy atom. The van der Waals surface area contributed by atoms with Crippen molar-refractivity contribution in [3.05, 3.63) is 101 Å². The number of carbonyl (C=O) groups excluding carboxylic acids is 2. The molecule has 1 aromatic heterocycles. The molecule has 0 saturated carbocycles. The maximum Gasteiger partial charge on any atom is 0.251 e. The molecule has 6 nitrogen and oxygen atoms in total. The largest absolute Gasteiger partial charge is 0.345 e. The maximum atomic E-state index is 13.0. The number of imidazole rings is 1. The number of rotatable bonds is 7. The fourth-order valence-electron chi connectivity index (χ4n) is 3.50. The van der Waals surface area contributed by atoms with Gasteiger partial charge in [-0.3, -0.25) is 9.59 Å². The van der Waals surface area contributed by atoms with Gasteiger partial charge in [0.15, 0.2) is 0 Å². The van der Waals surface area contributed by atoms with Crippen LogP contribution in [0.2, 0.25) is 5.02 Å². The standard InChI is InChI=1S/C25H23ClN4O2/c1-29(16-18-7-3-2-4-8-18)24(31)17-30-22-10-6-5-9-21(22)28-23(30)15-27-25(32)19-11-13-20(26)14-12-19/h2-14H,15-17H2,1H3,(H,27,32). The molecule has 0 fully saturated rings. The van der Waals surface area contributed by atoms with Crippen LogP contribution in [0.1, 0.15) is 21.7 Å². The normalized spacial score (nSPS) is 10.8. The van der Waals surface area contributed by atoms with Crippen molar-refractivity contribution in [2.45, 2.75) is 19.6 Å². The first kappa shape index (κ1) is 21.6. The lowest BCUT2D eigenvalue weighted by Crippen LogP contribution is -2.31. The molecule has 0 atom stereocenters. The lowest BCUT2D eigenvalue weighted by Gasteiger charge is -2.19. The number of nitrogens with zero attached hydrogens (tertiary/aromatic N) is 3. The topological polar surface area (TPSA) is 67.2 Å². The average molecular weight is 447 g/mol. The summed E-state index contributed by atoms with van der Waals surface area (Å²) in [4.78, 5) is 31.8. The highest BCUT2D eigenvalue weighted by Crippen LogP contribution is 2.17. The van der Waals surface area contributed by atoms with Crippen molar-refractivity contribution in [3.8, 4) is 0 Å². The summed E-state index contributed by atoms with van der Waals surface area (Å²) in [5.74, 6) is 0.352. The summed E-state index contributed by atoms with van der Waals surface area (Å²) in [6, 6.07) is 24.2. The highest BCUT2D eigenvalue weighted by atomic mass is 35.5. The molecule has 0 radical (unpaired) electrons. The Labute approximate surface area is 191 Å². The average Bonchev–Trinajstić information content (AvgIpc) is 3.16. The van der Waals surface area contributed by atoms with Gasteiger partial charge >= 0.3 is 0 Å². The van der Waals surface area contributed by atoms with Crippen molar-refractivity contribution in [1.29, 1.82) is 0 Å². The van der Waals surface area contributed by atoms with Gasteiger partial charge in [-0.25, -0.2) is 4.98 Å². The van der Waals surface area contributed by atoms with Crippen LogP contribution in [0.15, 0.2) is 78.9 Å². The van der Waals surface area contributed by atoms with Gasteiger partial charge in [0.1, 0.15) is 12.4 Å². The van der Waals surface area contributed by atoms with Crippen LogP contribution < -0.4 is 5.32 Å². The summed E-state index contributed by atoms with van der Waals surface area (Å²) in [6.45, 7) is 0.858. The lowest BCUT2D eigenvalue weighted by molar-refractivity contribution is -0.131. The highest BCUT2D eigenvalue weighted by molar-refractivity contribution is 6.30. The maximum absolute atomic E-state index is 13.0. The van der Waals surface area contributed by atoms with E-state index >= 15 is 0 Å². The highest BCUT2D eigenvalue weighted by Gasteiger charge is 2.17. The van der Waals surface area contributed by atoms with Gasteiger partial charge in [0, 0.05) is 24.2 Å². The molecular formula is C25H23ClN4O2. The quantitative estimate of drug-likeness (QED) is 0.460. The van der Waals surface area contributed by atoms with Gasteiger partial charge < -0.3 is 14.8 Å². The minimum absolute atomic E-state index is 0.0396. The Morgan fingerprint density at radius 1 is 0.969 bits per heavy atom. The number of carbonyl (C=O) groups is 2. The van der Waals surface area contributed by atoms with Crippen molar-refractivity contribution < 1.29 is 9.59 Å². The first-order valence-corrected chi connectivity index (χ1v) is 10.6. The molecule has 0 aliphatic rings. The summed E-state index contributed by atoms with van der Waals surface area (Å²) < 4.78 is 1.86. The van der Waals surface area contributed by atoms with Crippen molar-refractivity contribution in [1.82, 2.24) is 19.8 Å². The number of hydrogen-bond donors (Lipinski definition) is 1. The molecule has 2 amide bonds. The number of para-hydroxylation sites is 2. The number of nitrogens with one attached hydrogen (secondary N) is 1. The molecule has 7 heteroatoms. The van der Waals surface area contributed by atoms with E-state index in [1.54, 1.807) is 36.2 Å². The number of benzene rings is 3. The Hall–Kier alpha value is -3.64. The number of amides is 2. The first-order valence-electron chi connectivity index (χ1n) is 10.3. The predicted molar refractivity (Wildman–Crippen MR) is 125 cm³/mol. The van der Waals surface area contributed by atoms with Crippen molar-refractivity contribution in [2.24, 2.45) is 0 Å². The van der Waals surface area contributed by atoms with Gasteiger partial charge in [-0.1, -0.05) is 54.1 Å². The molecule has 3 aromatic carbocycles. The monoisotopic (exact) mass is 446 g/mol. The number of halogens is 1. The summed E-state index contributed by atoms with van der Waals surface area (Å²) in [6.07, 6.45) is 0. The van der Waals surface area contributed by atoms with Crippen LogP contribution in [0.3, 0.4) is 0 Å². The fraction of sp³-hybridized carbons (Fsp3) is 0.160. The lowest BCUT2D eigenvalue weighted by atomic mass is 10.2. The van der Waals surface area contributed by atoms with Crippen LogP contribution in [-0.4, -0.2) is 33.3 Å². The number of hydrogen-bond acceptors (Lipinski definition) is 3. The zero-order valence-electron chi connectivity index (χ0n) is 17.7. The third-order valence-corrected chi connectivity index (χ3v) is 5.48. The van der Waals surface area contributed by atoms with Crippen LogP contribution >= 0.6 is 11.6 Å². The molecule has 0 saturated heterocycles. The molecule has 1 heterocycles. The minimum Gasteiger partial charge on any atom is -0.345 e. The van der Waals surface area contributed by atoms with E-state index in [-0.39, 0.29) is 24.9 Å². The van der Waals surface area contributed by atoms with E-state index in [4.69, 9.17) is 11.6 Å². The van der Waals surface area contributed by atoms with Crippen molar-refractivity contribution >= 4 is 34.4 Å². The molecular weight excluding hydrogens is 424 g/mol. The molecule has 4 rings (SSSR count). The van der Waals surface area contributed by atoms with Gasteiger partial charge in [0.05, 0.1) is 17.6 Å². The number of fused-ring (bicyclic) bond motifs is 1. The smallest absolute Gasteiger partial charge is 0.251 e. The third-order valence-electron chi connectivity index (χ3n) is 5.23. The molecule has 0 unspecified atom stereocenters. The van der Waals surface area contributed by atoms with E-state index in [9.17, 15) is 9.59 Å². The van der Waals surface area contributed by atoms with E-state index in [1.165, 1.54) is 0 Å². The van der Waals surface area contributed by atoms with E-state index in [0.717, 1.165) is 16.6 Å². The second kappa shape index (κ2) is 9.66. The molecule has 1 N–H and O–H groups in total. The number of likely N-dealkylation sites (N-methyl/N-ethyl adjacent to an activating group) is 1. The Morgan fingerprint density at radius 2 is 1.66 bits per heavy atom. The molecule has 0 aliphatic heterocycles. The predicted octanol–water partition coefficient (Wildman–Crippen LogP) is 4.28. The molecule has 4 aromatic rings. The van der Waals surface area contributed by atoms with Gasteiger partial charge in [-0.05, 0) is 42.0 Å². The zero-order chi connectivity index (χ0) is 22.5. The van der Waals surface area contributed by atoms with Crippen molar-refractivity contribution in [2.75, 3.05) is 7.05 Å². The second-order valence-corrected chi connectivity index (χ2v) is 7.96. The van der Waals surface area contributed by atoms with E-state index in [2.05, 4.69) is 10.3 Å². The van der Waals surface area contributed by atoms with E-state index in [1.807, 2.05) is 59.2 Å². The minimum atomic E-state index is -0.229. The molecule has 162 valence electrons. The van der Waals surface area contributed by atoms with E-state index in [0.29, 0.717) is 23.0 Å². The molecule has 32 heavy (non-hydrogen) atoms. The summed E-state index contributed by atoms with van der Waals surface area (Å²) in [7, 11) is 1.79. The summed E-state index contributed by atoms with van der Waals surface area (Å²) in [5.41, 5.74) is 3.21. The Bertz CT molecular complexity index is 1240. The molecule has 0 aliphatic carbocycles. The summed E-state index contributed by atoms with van der Waals surface area (Å²) >= 11 is 5.90. The third kappa shape index (κ3) is 4.98. The Kier molecular flexibility index (Phi) is 6.52. The van der Waals surface area contributed by atoms with E-state index < -0.39 is 0 Å². The van der Waals surface area contributed by atoms with Crippen LogP contribution in [0, 0.1) is 0 Å². The SMILES string of the molecule is CN(Cc1ccccc1)C(=O)Cn1c(CNC(=O)c2ccc(Cl)cc2)nc2ccccc21. The number of aromatic nitrogens is 2. The molecule has 0 spiro atoms. The van der Waals surface area contributed by atoms with Crippen LogP contribution in [0.4, 0.5) is 0 Å². The molecule has 0 bridgehead atoms. The fourth-order valence-corrected chi connectivity index (χ4v) is 3.63. The second-order valence-electron chi connectivity index (χ2n) is 7.53. The van der Waals surface area contributed by atoms with Gasteiger partial charge in [-0.15, -0.1) is 0 Å². The van der Waals surface area contributed by atoms with Gasteiger partial charge in [-0.2, -0.15) is 0 Å². The zero-order valence-corrected chi connectivity index (χ0v) is 18.4. The van der Waals surface area contributed by atoms with Crippen LogP contribution in [0.25, 0.3) is 11.0 Å². The van der Waals surface area contributed by atoms with Crippen LogP contribution in [0.5, 0.6) is 0 Å². The summed E-state index contributed by atoms with van der Waals surface area (Å²) in [5, 5.41) is 3.46.